The van der Waals surface area contributed by atoms with Crippen LogP contribution < -0.4 is 11.2 Å². The van der Waals surface area contributed by atoms with E-state index in [-0.39, 0.29) is 10.8 Å². The molecule has 0 aromatic carbocycles. The summed E-state index contributed by atoms with van der Waals surface area (Å²) in [6.07, 6.45) is 2.38. The molecule has 1 aromatic rings. The number of halogens is 1. The molecule has 1 heterocycles. The average Bonchev–Trinajstić information content (AvgIpc) is 2.18. The molecule has 0 aliphatic heterocycles. The zero-order valence-corrected chi connectivity index (χ0v) is 8.19. The van der Waals surface area contributed by atoms with Crippen LogP contribution in [-0.2, 0) is 9.63 Å². The molecule has 1 aromatic heterocycles. The standard InChI is InChI=1S/C7H7ClN4O3/c8-5-2-10-4(1-11-5)7(14)12-15-3-6(9)13/h1-2H,3H2,(H2,9,13)(H,12,14). The second-order valence-corrected chi connectivity index (χ2v) is 2.80. The van der Waals surface area contributed by atoms with E-state index in [1.54, 1.807) is 0 Å². The van der Waals surface area contributed by atoms with Gasteiger partial charge in [-0.05, 0) is 0 Å². The average molecular weight is 231 g/mol. The number of carbonyl (C=O) groups excluding carboxylic acids is 2. The molecule has 0 atom stereocenters. The van der Waals surface area contributed by atoms with Crippen LogP contribution in [0.4, 0.5) is 0 Å². The number of aromatic nitrogens is 2. The Balaban J connectivity index is 2.47. The minimum Gasteiger partial charge on any atom is -0.368 e. The summed E-state index contributed by atoms with van der Waals surface area (Å²) in [6.45, 7) is -0.410. The minimum atomic E-state index is -0.697. The Morgan fingerprint density at radius 1 is 1.47 bits per heavy atom. The molecule has 0 aliphatic rings. The Labute approximate surface area is 89.5 Å². The quantitative estimate of drug-likeness (QED) is 0.664. The van der Waals surface area contributed by atoms with Gasteiger partial charge in [0, 0.05) is 0 Å². The number of primary amides is 1. The fourth-order valence-corrected chi connectivity index (χ4v) is 0.752. The number of hydrogen-bond acceptors (Lipinski definition) is 5. The van der Waals surface area contributed by atoms with Crippen molar-refractivity contribution in [1.82, 2.24) is 15.4 Å². The molecular weight excluding hydrogens is 224 g/mol. The lowest BCUT2D eigenvalue weighted by atomic mass is 10.4. The van der Waals surface area contributed by atoms with Crippen molar-refractivity contribution in [2.24, 2.45) is 5.73 Å². The molecule has 8 heteroatoms. The van der Waals surface area contributed by atoms with Crippen LogP contribution in [0.15, 0.2) is 12.4 Å². The van der Waals surface area contributed by atoms with Crippen molar-refractivity contribution < 1.29 is 14.4 Å². The summed E-state index contributed by atoms with van der Waals surface area (Å²) < 4.78 is 0. The number of rotatable bonds is 4. The second kappa shape index (κ2) is 5.23. The highest BCUT2D eigenvalue weighted by Crippen LogP contribution is 2.00. The van der Waals surface area contributed by atoms with Crippen molar-refractivity contribution in [3.63, 3.8) is 0 Å². The molecular formula is C7H7ClN4O3. The van der Waals surface area contributed by atoms with Gasteiger partial charge in [0.25, 0.3) is 5.91 Å². The molecule has 0 saturated carbocycles. The number of hydroxylamine groups is 1. The van der Waals surface area contributed by atoms with E-state index in [9.17, 15) is 9.59 Å². The number of carbonyl (C=O) groups is 2. The summed E-state index contributed by atoms with van der Waals surface area (Å²) in [7, 11) is 0. The molecule has 3 N–H and O–H groups in total. The van der Waals surface area contributed by atoms with E-state index < -0.39 is 18.4 Å². The maximum absolute atomic E-state index is 11.2. The molecule has 0 spiro atoms. The Hall–Kier alpha value is -1.73. The maximum atomic E-state index is 11.2. The Morgan fingerprint density at radius 2 is 2.20 bits per heavy atom. The molecule has 2 amide bonds. The van der Waals surface area contributed by atoms with Gasteiger partial charge >= 0.3 is 0 Å². The van der Waals surface area contributed by atoms with Crippen molar-refractivity contribution in [3.05, 3.63) is 23.2 Å². The molecule has 0 radical (unpaired) electrons. The molecule has 80 valence electrons. The Bertz CT molecular complexity index is 367. The third-order valence-corrected chi connectivity index (χ3v) is 1.43. The fraction of sp³-hybridized carbons (Fsp3) is 0.143. The maximum Gasteiger partial charge on any atom is 0.295 e. The number of nitrogens with zero attached hydrogens (tertiary/aromatic N) is 2. The number of amides is 2. The molecule has 0 fully saturated rings. The van der Waals surface area contributed by atoms with Gasteiger partial charge in [0.1, 0.15) is 10.8 Å². The first-order chi connectivity index (χ1) is 7.09. The monoisotopic (exact) mass is 230 g/mol. The van der Waals surface area contributed by atoms with Crippen LogP contribution in [0, 0.1) is 0 Å². The van der Waals surface area contributed by atoms with Gasteiger partial charge in [0.05, 0.1) is 12.4 Å². The van der Waals surface area contributed by atoms with Crippen LogP contribution in [0.5, 0.6) is 0 Å². The van der Waals surface area contributed by atoms with Crippen LogP contribution in [0.2, 0.25) is 5.15 Å². The zero-order chi connectivity index (χ0) is 11.3. The first-order valence-electron chi connectivity index (χ1n) is 3.77. The van der Waals surface area contributed by atoms with Gasteiger partial charge in [-0.3, -0.25) is 14.4 Å². The summed E-state index contributed by atoms with van der Waals surface area (Å²) >= 11 is 5.46. The SMILES string of the molecule is NC(=O)CONC(=O)c1cnc(Cl)cn1. The molecule has 15 heavy (non-hydrogen) atoms. The Kier molecular flexibility index (Phi) is 3.95. The van der Waals surface area contributed by atoms with Gasteiger partial charge in [-0.25, -0.2) is 15.4 Å². The van der Waals surface area contributed by atoms with E-state index in [2.05, 4.69) is 14.8 Å². The van der Waals surface area contributed by atoms with E-state index in [4.69, 9.17) is 17.3 Å². The van der Waals surface area contributed by atoms with Gasteiger partial charge in [-0.1, -0.05) is 11.6 Å². The predicted octanol–water partition coefficient (Wildman–Crippen LogP) is -0.723. The largest absolute Gasteiger partial charge is 0.368 e. The van der Waals surface area contributed by atoms with Gasteiger partial charge < -0.3 is 5.73 Å². The van der Waals surface area contributed by atoms with E-state index in [1.807, 2.05) is 5.48 Å². The summed E-state index contributed by atoms with van der Waals surface area (Å²) in [5.74, 6) is -1.34. The van der Waals surface area contributed by atoms with Crippen LogP contribution in [0.3, 0.4) is 0 Å². The lowest BCUT2D eigenvalue weighted by molar-refractivity contribution is -0.124. The molecule has 1 rings (SSSR count). The molecule has 7 nitrogen and oxygen atoms in total. The minimum absolute atomic E-state index is 0.0175. The summed E-state index contributed by atoms with van der Waals surface area (Å²) in [6, 6.07) is 0. The van der Waals surface area contributed by atoms with E-state index in [0.29, 0.717) is 0 Å². The molecule has 0 unspecified atom stereocenters. The van der Waals surface area contributed by atoms with Crippen LogP contribution in [-0.4, -0.2) is 28.4 Å². The van der Waals surface area contributed by atoms with E-state index in [0.717, 1.165) is 0 Å². The highest BCUT2D eigenvalue weighted by atomic mass is 35.5. The number of nitrogens with two attached hydrogens (primary N) is 1. The predicted molar refractivity (Wildman–Crippen MR) is 49.7 cm³/mol. The lowest BCUT2D eigenvalue weighted by Crippen LogP contribution is -2.29. The van der Waals surface area contributed by atoms with Crippen molar-refractivity contribution in [3.8, 4) is 0 Å². The number of hydrogen-bond donors (Lipinski definition) is 2. The number of nitrogens with one attached hydrogen (secondary N) is 1. The van der Waals surface area contributed by atoms with Crippen LogP contribution >= 0.6 is 11.6 Å². The van der Waals surface area contributed by atoms with E-state index in [1.165, 1.54) is 12.4 Å². The highest BCUT2D eigenvalue weighted by Gasteiger charge is 2.07. The van der Waals surface area contributed by atoms with Crippen molar-refractivity contribution >= 4 is 23.4 Å². The van der Waals surface area contributed by atoms with Crippen LogP contribution in [0.25, 0.3) is 0 Å². The third kappa shape index (κ3) is 3.88. The van der Waals surface area contributed by atoms with Crippen molar-refractivity contribution in [1.29, 1.82) is 0 Å². The van der Waals surface area contributed by atoms with Gasteiger partial charge in [-0.2, -0.15) is 0 Å². The smallest absolute Gasteiger partial charge is 0.295 e. The van der Waals surface area contributed by atoms with Crippen LogP contribution in [0.1, 0.15) is 10.5 Å². The van der Waals surface area contributed by atoms with Gasteiger partial charge in [0.2, 0.25) is 5.91 Å². The fourth-order valence-electron chi connectivity index (χ4n) is 0.655. The first-order valence-corrected chi connectivity index (χ1v) is 4.15. The summed E-state index contributed by atoms with van der Waals surface area (Å²) in [5, 5.41) is 0.171. The normalized spacial score (nSPS) is 9.67. The van der Waals surface area contributed by atoms with E-state index >= 15 is 0 Å². The van der Waals surface area contributed by atoms with Gasteiger partial charge in [-0.15, -0.1) is 0 Å². The first kappa shape index (κ1) is 11.3. The van der Waals surface area contributed by atoms with Crippen molar-refractivity contribution in [2.45, 2.75) is 0 Å². The van der Waals surface area contributed by atoms with Gasteiger partial charge in [0.15, 0.2) is 6.61 Å². The molecule has 0 bridgehead atoms. The second-order valence-electron chi connectivity index (χ2n) is 2.41. The summed E-state index contributed by atoms with van der Waals surface area (Å²) in [5.41, 5.74) is 6.76. The lowest BCUT2D eigenvalue weighted by Gasteiger charge is -2.02. The Morgan fingerprint density at radius 3 is 2.73 bits per heavy atom. The zero-order valence-electron chi connectivity index (χ0n) is 7.44. The summed E-state index contributed by atoms with van der Waals surface area (Å²) in [4.78, 5) is 33.2. The topological polar surface area (TPSA) is 107 Å². The third-order valence-electron chi connectivity index (χ3n) is 1.23. The highest BCUT2D eigenvalue weighted by molar-refractivity contribution is 6.29. The van der Waals surface area contributed by atoms with Crippen molar-refractivity contribution in [2.75, 3.05) is 6.61 Å². The molecule has 0 aliphatic carbocycles. The molecule has 0 saturated heterocycles.